The van der Waals surface area contributed by atoms with Crippen LogP contribution in [0.15, 0.2) is 34.1 Å². The van der Waals surface area contributed by atoms with E-state index in [9.17, 15) is 20.1 Å². The topological polar surface area (TPSA) is 77.8 Å². The number of carbonyl (C=O) groups excluding carboxylic acids is 1. The average molecular weight is 530 g/mol. The van der Waals surface area contributed by atoms with E-state index < -0.39 is 10.9 Å². The molecule has 0 aliphatic rings. The molecule has 0 spiro atoms. The van der Waals surface area contributed by atoms with Gasteiger partial charge in [-0.2, -0.15) is 0 Å². The molecule has 0 fully saturated rings. The maximum atomic E-state index is 12.7. The van der Waals surface area contributed by atoms with Gasteiger partial charge >= 0.3 is 0 Å². The molecule has 0 aromatic heterocycles. The maximum Gasteiger partial charge on any atom is 0.152 e. The van der Waals surface area contributed by atoms with Crippen molar-refractivity contribution in [3.63, 3.8) is 0 Å². The van der Waals surface area contributed by atoms with Crippen molar-refractivity contribution in [2.75, 3.05) is 0 Å². The predicted molar refractivity (Wildman–Crippen MR) is 127 cm³/mol. The van der Waals surface area contributed by atoms with Crippen molar-refractivity contribution in [2.45, 2.75) is 53.1 Å². The Balaban J connectivity index is 2.05. The first kappa shape index (κ1) is 25.8. The molecule has 0 amide bonds. The lowest BCUT2D eigenvalue weighted by molar-refractivity contribution is -0.122. The van der Waals surface area contributed by atoms with Crippen molar-refractivity contribution >= 4 is 75.7 Å². The Morgan fingerprint density at radius 2 is 1.27 bits per heavy atom. The van der Waals surface area contributed by atoms with Gasteiger partial charge in [-0.25, -0.2) is 0 Å². The Hall–Kier alpha value is -0.470. The highest BCUT2D eigenvalue weighted by Crippen LogP contribution is 2.41. The third-order valence-corrected chi connectivity index (χ3v) is 8.11. The normalized spacial score (nSPS) is 15.5. The lowest BCUT2D eigenvalue weighted by Gasteiger charge is -2.30. The molecular formula is C20H20Cl4O4S2. The zero-order valence-corrected chi connectivity index (χ0v) is 20.9. The van der Waals surface area contributed by atoms with Gasteiger partial charge in [-0.15, -0.1) is 23.5 Å². The molecule has 2 aromatic rings. The van der Waals surface area contributed by atoms with Crippen LogP contribution < -0.4 is 0 Å². The summed E-state index contributed by atoms with van der Waals surface area (Å²) < 4.78 is 0. The second-order valence-electron chi connectivity index (χ2n) is 6.99. The minimum absolute atomic E-state index is 0.0750. The van der Waals surface area contributed by atoms with Gasteiger partial charge in [0.15, 0.2) is 11.5 Å². The lowest BCUT2D eigenvalue weighted by Crippen LogP contribution is -2.39. The molecule has 0 saturated carbocycles. The number of benzene rings is 2. The summed E-state index contributed by atoms with van der Waals surface area (Å²) >= 11 is 26.3. The van der Waals surface area contributed by atoms with E-state index in [0.29, 0.717) is 9.79 Å². The van der Waals surface area contributed by atoms with Crippen LogP contribution in [0.1, 0.15) is 27.2 Å². The molecule has 3 N–H and O–H groups in total. The van der Waals surface area contributed by atoms with Gasteiger partial charge in [-0.1, -0.05) is 53.3 Å². The molecule has 3 unspecified atom stereocenters. The van der Waals surface area contributed by atoms with E-state index in [1.165, 1.54) is 35.7 Å². The first-order valence-electron chi connectivity index (χ1n) is 8.76. The summed E-state index contributed by atoms with van der Waals surface area (Å²) in [5, 5.41) is 29.8. The van der Waals surface area contributed by atoms with Crippen molar-refractivity contribution in [3.05, 3.63) is 44.4 Å². The van der Waals surface area contributed by atoms with Crippen molar-refractivity contribution in [1.82, 2.24) is 0 Å². The first-order chi connectivity index (χ1) is 13.8. The number of rotatable bonds is 8. The smallest absolute Gasteiger partial charge is 0.152 e. The molecule has 2 aromatic carbocycles. The standard InChI is InChI=1S/C20H20Cl4O4S2/c1-9(29-11-4-13(21)18(26)14(22)5-11)17(25)8-20(3,28)10(2)30-12-6-15(23)19(27)16(24)7-12/h4-7,9-10,26-28H,8H2,1-3H3. The van der Waals surface area contributed by atoms with Crippen LogP contribution >= 0.6 is 69.9 Å². The minimum atomic E-state index is -1.31. The summed E-state index contributed by atoms with van der Waals surface area (Å²) in [7, 11) is 0. The number of hydrogen-bond acceptors (Lipinski definition) is 6. The third-order valence-electron chi connectivity index (χ3n) is 4.47. The number of Topliss-reactive ketones (excluding diaryl/α,β-unsaturated/α-hetero) is 1. The van der Waals surface area contributed by atoms with E-state index in [4.69, 9.17) is 46.4 Å². The zero-order chi connectivity index (χ0) is 22.8. The van der Waals surface area contributed by atoms with Gasteiger partial charge in [-0.05, 0) is 38.1 Å². The SMILES string of the molecule is CC(Sc1cc(Cl)c(O)c(Cl)c1)C(=O)CC(C)(O)C(C)Sc1cc(Cl)c(O)c(Cl)c1. The summed E-state index contributed by atoms with van der Waals surface area (Å²) in [4.78, 5) is 14.0. The highest BCUT2D eigenvalue weighted by molar-refractivity contribution is 8.00. The van der Waals surface area contributed by atoms with Crippen molar-refractivity contribution < 1.29 is 20.1 Å². The number of aromatic hydroxyl groups is 2. The predicted octanol–water partition coefficient (Wildman–Crippen LogP) is 7.08. The average Bonchev–Trinajstić information content (AvgIpc) is 2.63. The fourth-order valence-corrected chi connectivity index (χ4v) is 5.81. The molecule has 0 aliphatic carbocycles. The fraction of sp³-hybridized carbons (Fsp3) is 0.350. The van der Waals surface area contributed by atoms with Gasteiger partial charge in [0, 0.05) is 21.5 Å². The van der Waals surface area contributed by atoms with E-state index in [1.807, 2.05) is 0 Å². The van der Waals surface area contributed by atoms with Crippen LogP contribution in [-0.4, -0.2) is 37.2 Å². The largest absolute Gasteiger partial charge is 0.505 e. The van der Waals surface area contributed by atoms with Gasteiger partial charge in [0.25, 0.3) is 0 Å². The highest BCUT2D eigenvalue weighted by Gasteiger charge is 2.34. The third kappa shape index (κ3) is 6.52. The molecule has 10 heteroatoms. The maximum absolute atomic E-state index is 12.7. The molecule has 0 heterocycles. The highest BCUT2D eigenvalue weighted by atomic mass is 35.5. The number of phenols is 2. The molecule has 164 valence electrons. The summed E-state index contributed by atoms with van der Waals surface area (Å²) in [6, 6.07) is 6.18. The first-order valence-corrected chi connectivity index (χ1v) is 12.0. The molecule has 4 nitrogen and oxygen atoms in total. The Kier molecular flexibility index (Phi) is 8.97. The van der Waals surface area contributed by atoms with Gasteiger partial charge in [0.1, 0.15) is 5.78 Å². The second-order valence-corrected chi connectivity index (χ2v) is 11.4. The number of phenolic OH excluding ortho intramolecular Hbond substituents is 2. The monoisotopic (exact) mass is 528 g/mol. The Bertz CT molecular complexity index is 906. The Morgan fingerprint density at radius 1 is 0.900 bits per heavy atom. The van der Waals surface area contributed by atoms with E-state index in [-0.39, 0.29) is 49.0 Å². The number of hydrogen-bond donors (Lipinski definition) is 3. The van der Waals surface area contributed by atoms with Gasteiger partial charge in [0.05, 0.1) is 30.9 Å². The number of halogens is 4. The van der Waals surface area contributed by atoms with Crippen molar-refractivity contribution in [3.8, 4) is 11.5 Å². The molecule has 3 atom stereocenters. The van der Waals surface area contributed by atoms with E-state index >= 15 is 0 Å². The number of carbonyl (C=O) groups is 1. The Morgan fingerprint density at radius 3 is 1.67 bits per heavy atom. The quantitative estimate of drug-likeness (QED) is 0.317. The second kappa shape index (κ2) is 10.4. The summed E-state index contributed by atoms with van der Waals surface area (Å²) in [6.45, 7) is 5.12. The molecule has 0 radical (unpaired) electrons. The molecule has 30 heavy (non-hydrogen) atoms. The zero-order valence-electron chi connectivity index (χ0n) is 16.2. The van der Waals surface area contributed by atoms with Crippen LogP contribution in [-0.2, 0) is 4.79 Å². The van der Waals surface area contributed by atoms with Gasteiger partial charge in [0.2, 0.25) is 0 Å². The van der Waals surface area contributed by atoms with E-state index in [0.717, 1.165) is 0 Å². The molecule has 0 saturated heterocycles. The van der Waals surface area contributed by atoms with Crippen LogP contribution in [0.25, 0.3) is 0 Å². The van der Waals surface area contributed by atoms with Crippen LogP contribution in [0.3, 0.4) is 0 Å². The van der Waals surface area contributed by atoms with Crippen LogP contribution in [0.5, 0.6) is 11.5 Å². The Labute approximate surface area is 203 Å². The number of aliphatic hydroxyl groups is 1. The molecular weight excluding hydrogens is 510 g/mol. The van der Waals surface area contributed by atoms with Crippen molar-refractivity contribution in [1.29, 1.82) is 0 Å². The number of thioether (sulfide) groups is 2. The summed E-state index contributed by atoms with van der Waals surface area (Å²) in [5.41, 5.74) is -1.31. The molecule has 0 bridgehead atoms. The summed E-state index contributed by atoms with van der Waals surface area (Å²) in [5.74, 6) is -0.554. The molecule has 0 aliphatic heterocycles. The minimum Gasteiger partial charge on any atom is -0.505 e. The van der Waals surface area contributed by atoms with Crippen molar-refractivity contribution in [2.24, 2.45) is 0 Å². The van der Waals surface area contributed by atoms with Gasteiger partial charge < -0.3 is 15.3 Å². The fourth-order valence-electron chi connectivity index (χ4n) is 2.46. The van der Waals surface area contributed by atoms with Crippen LogP contribution in [0, 0.1) is 0 Å². The van der Waals surface area contributed by atoms with E-state index in [1.54, 1.807) is 32.9 Å². The molecule has 2 rings (SSSR count). The summed E-state index contributed by atoms with van der Waals surface area (Å²) in [6.07, 6.45) is -0.0750. The van der Waals surface area contributed by atoms with Crippen LogP contribution in [0.4, 0.5) is 0 Å². The van der Waals surface area contributed by atoms with Crippen LogP contribution in [0.2, 0.25) is 20.1 Å². The van der Waals surface area contributed by atoms with Gasteiger partial charge in [-0.3, -0.25) is 4.79 Å². The lowest BCUT2D eigenvalue weighted by atomic mass is 9.95. The van der Waals surface area contributed by atoms with E-state index in [2.05, 4.69) is 0 Å². The number of ketones is 1.